The molecule has 2 fully saturated rings. The zero-order valence-corrected chi connectivity index (χ0v) is 19.2. The summed E-state index contributed by atoms with van der Waals surface area (Å²) in [6.45, 7) is -1.76. The van der Waals surface area contributed by atoms with E-state index in [0.717, 1.165) is 10.9 Å². The molecule has 0 spiro atoms. The lowest BCUT2D eigenvalue weighted by Crippen LogP contribution is -2.48. The van der Waals surface area contributed by atoms with Crippen LogP contribution in [0.4, 0.5) is 5.82 Å². The summed E-state index contributed by atoms with van der Waals surface area (Å²) in [6.07, 6.45) is -10.7. The van der Waals surface area contributed by atoms with E-state index in [1.807, 2.05) is 0 Å². The van der Waals surface area contributed by atoms with Gasteiger partial charge in [-0.2, -0.15) is 5.10 Å². The second-order valence-corrected chi connectivity index (χ2v) is 11.1. The fraction of sp³-hybridized carbons (Fsp3) is 0.667. The maximum Gasteiger partial charge on any atom is 0.478 e. The number of anilines is 1. The van der Waals surface area contributed by atoms with Crippen LogP contribution in [0.3, 0.4) is 0 Å². The Kier molecular flexibility index (Phi) is 6.25. The Bertz CT molecular complexity index is 1230. The van der Waals surface area contributed by atoms with Gasteiger partial charge in [0.05, 0.1) is 13.2 Å². The molecular weight excluding hydrogens is 520 g/mol. The Morgan fingerprint density at radius 2 is 1.69 bits per heavy atom. The van der Waals surface area contributed by atoms with Gasteiger partial charge < -0.3 is 49.9 Å². The highest BCUT2D eigenvalue weighted by Crippen LogP contribution is 2.58. The molecule has 8 bridgehead atoms. The molecule has 8 N–H and O–H groups in total. The summed E-state index contributed by atoms with van der Waals surface area (Å²) in [7, 11) is -10.8. The summed E-state index contributed by atoms with van der Waals surface area (Å²) in [5.41, 5.74) is 6.46. The number of nitrogen functional groups attached to an aromatic ring is 1. The smallest absolute Gasteiger partial charge is 0.478 e. The number of phosphoric acid groups is 2. The molecule has 2 unspecified atom stereocenters. The Balaban J connectivity index is 1.57. The quantitative estimate of drug-likeness (QED) is 0.125. The van der Waals surface area contributed by atoms with E-state index < -0.39 is 77.8 Å². The first-order valence-corrected chi connectivity index (χ1v) is 13.0. The predicted molar refractivity (Wildman–Crippen MR) is 104 cm³/mol. The molecule has 2 aromatic rings. The van der Waals surface area contributed by atoms with Gasteiger partial charge in [-0.05, 0) is 0 Å². The molecule has 18 nitrogen and oxygen atoms in total. The number of fused-ring (bicyclic) bond motifs is 7. The Morgan fingerprint density at radius 3 is 2.43 bits per heavy atom. The van der Waals surface area contributed by atoms with Crippen LogP contribution in [0.15, 0.2) is 6.33 Å². The van der Waals surface area contributed by atoms with Crippen LogP contribution in [0.25, 0.3) is 11.0 Å². The van der Waals surface area contributed by atoms with Gasteiger partial charge in [0.25, 0.3) is 13.6 Å². The van der Waals surface area contributed by atoms with Crippen molar-refractivity contribution in [2.45, 2.75) is 49.0 Å². The van der Waals surface area contributed by atoms with Gasteiger partial charge in [0.2, 0.25) is 12.6 Å². The van der Waals surface area contributed by atoms with Crippen LogP contribution in [0.1, 0.15) is 18.0 Å². The van der Waals surface area contributed by atoms with Gasteiger partial charge >= 0.3 is 7.82 Å². The number of aliphatic hydroxyl groups excluding tert-OH is 4. The molecule has 2 aromatic heterocycles. The largest absolute Gasteiger partial charge is 0.756 e. The summed E-state index contributed by atoms with van der Waals surface area (Å²) < 4.78 is 49.6. The van der Waals surface area contributed by atoms with Crippen molar-refractivity contribution in [2.75, 3.05) is 18.9 Å². The van der Waals surface area contributed by atoms with Crippen molar-refractivity contribution in [3.8, 4) is 0 Å². The highest BCUT2D eigenvalue weighted by atomic mass is 31.3. The third-order valence-electron chi connectivity index (χ3n) is 5.86. The molecule has 6 heterocycles. The maximum atomic E-state index is 12.1. The number of aliphatic hydroxyl groups is 4. The average molecular weight is 541 g/mol. The molecule has 0 aromatic carbocycles. The van der Waals surface area contributed by atoms with Crippen molar-refractivity contribution in [2.24, 2.45) is 0 Å². The minimum Gasteiger partial charge on any atom is -0.756 e. The van der Waals surface area contributed by atoms with E-state index in [0.29, 0.717) is 0 Å². The summed E-state index contributed by atoms with van der Waals surface area (Å²) in [5, 5.41) is 48.2. The van der Waals surface area contributed by atoms with Crippen molar-refractivity contribution in [1.82, 2.24) is 15.2 Å². The first-order valence-electron chi connectivity index (χ1n) is 10.1. The highest BCUT2D eigenvalue weighted by molar-refractivity contribution is 7.60. The van der Waals surface area contributed by atoms with Crippen LogP contribution in [-0.4, -0.2) is 90.3 Å². The number of ether oxygens (including phenoxy) is 2. The normalized spacial score (nSPS) is 44.6. The van der Waals surface area contributed by atoms with Gasteiger partial charge in [0.15, 0.2) is 11.0 Å². The number of phosphoric ester groups is 2. The molecule has 35 heavy (non-hydrogen) atoms. The summed E-state index contributed by atoms with van der Waals surface area (Å²) >= 11 is 0. The lowest BCUT2D eigenvalue weighted by Gasteiger charge is -2.26. The molecule has 0 amide bonds. The van der Waals surface area contributed by atoms with Crippen molar-refractivity contribution in [3.63, 3.8) is 0 Å². The molecular formula is C15H21N5O13P2. The lowest BCUT2D eigenvalue weighted by molar-refractivity contribution is -0.754. The summed E-state index contributed by atoms with van der Waals surface area (Å²) in [6, 6.07) is 0. The molecule has 2 saturated heterocycles. The average Bonchev–Trinajstić information content (AvgIpc) is 3.41. The number of rotatable bonds is 0. The van der Waals surface area contributed by atoms with E-state index in [1.165, 1.54) is 0 Å². The van der Waals surface area contributed by atoms with Crippen LogP contribution >= 0.6 is 15.6 Å². The number of hydrogen-bond donors (Lipinski definition) is 7. The SMILES string of the molecule is Nc1c2n[nH]c3c2nc[n+]1[C@@H]1O[C@H](COP(=O)(O)OP(=O)([O-])OC[C@H]2O[C@@H]3[C@H](O)[C@@H]2O)[C@@H](O)[C@H]1O. The Labute approximate surface area is 195 Å². The van der Waals surface area contributed by atoms with E-state index in [9.17, 15) is 39.3 Å². The van der Waals surface area contributed by atoms with Crippen molar-refractivity contribution in [3.05, 3.63) is 12.0 Å². The van der Waals surface area contributed by atoms with Gasteiger partial charge in [-0.3, -0.25) is 14.2 Å². The second kappa shape index (κ2) is 8.74. The standard InChI is InChI=1S/C15H21N5O13P2/c16-14-8-6-7(18-19-8)13-11(23)9(21)4(31-13)1-29-34(25,26)33-35(27,28)30-2-5-10(22)12(24)15(32-5)20(14)3-17-6/h3-5,9-13,15,21-24H,1-2H2,(H4,16,18,19,25,26,27,28)/t4-,5-,9-,10-,11-,12-,13+,15-/m1/s1. The number of nitrogens with two attached hydrogens (primary N) is 1. The van der Waals surface area contributed by atoms with Gasteiger partial charge in [-0.15, -0.1) is 4.98 Å². The van der Waals surface area contributed by atoms with Gasteiger partial charge in [-0.1, -0.05) is 0 Å². The first-order chi connectivity index (χ1) is 16.4. The minimum absolute atomic E-state index is 0.0657. The molecule has 0 radical (unpaired) electrons. The summed E-state index contributed by atoms with van der Waals surface area (Å²) in [5.74, 6) is -0.0761. The summed E-state index contributed by atoms with van der Waals surface area (Å²) in [4.78, 5) is 26.0. The number of H-pyrrole nitrogens is 1. The van der Waals surface area contributed by atoms with Crippen LogP contribution in [0, 0.1) is 0 Å². The van der Waals surface area contributed by atoms with Crippen LogP contribution < -0.4 is 15.2 Å². The van der Waals surface area contributed by atoms with Crippen LogP contribution in [0.5, 0.6) is 0 Å². The number of hydrogen-bond acceptors (Lipinski definition) is 15. The predicted octanol–water partition coefficient (Wildman–Crippen LogP) is -3.76. The third kappa shape index (κ3) is 4.40. The fourth-order valence-corrected chi connectivity index (χ4v) is 6.14. The maximum absolute atomic E-state index is 12.1. The zero-order chi connectivity index (χ0) is 25.3. The zero-order valence-electron chi connectivity index (χ0n) is 17.4. The lowest BCUT2D eigenvalue weighted by atomic mass is 10.1. The molecule has 0 saturated carbocycles. The molecule has 20 heteroatoms. The second-order valence-electron chi connectivity index (χ2n) is 8.08. The monoisotopic (exact) mass is 541 g/mol. The fourth-order valence-electron chi connectivity index (χ4n) is 4.09. The van der Waals surface area contributed by atoms with Crippen LogP contribution in [-0.2, 0) is 32.0 Å². The topological polar surface area (TPSA) is 276 Å². The molecule has 194 valence electrons. The van der Waals surface area contributed by atoms with E-state index >= 15 is 0 Å². The van der Waals surface area contributed by atoms with Gasteiger partial charge in [-0.25, -0.2) is 13.4 Å². The number of nitrogens with zero attached hydrogens (tertiary/aromatic N) is 3. The van der Waals surface area contributed by atoms with E-state index in [4.69, 9.17) is 15.2 Å². The van der Waals surface area contributed by atoms with E-state index in [2.05, 4.69) is 28.5 Å². The van der Waals surface area contributed by atoms with Crippen LogP contribution in [0.2, 0.25) is 0 Å². The number of nitrogens with one attached hydrogen (secondary N) is 1. The number of aromatic amines is 1. The van der Waals surface area contributed by atoms with Gasteiger partial charge in [0.1, 0.15) is 48.4 Å². The van der Waals surface area contributed by atoms with Crippen molar-refractivity contribution < 1.29 is 66.7 Å². The van der Waals surface area contributed by atoms with E-state index in [1.54, 1.807) is 0 Å². The minimum atomic E-state index is -5.49. The molecule has 4 aliphatic rings. The third-order valence-corrected chi connectivity index (χ3v) is 8.43. The molecule has 4 aliphatic heterocycles. The first kappa shape index (κ1) is 25.0. The number of aromatic nitrogens is 4. The van der Waals surface area contributed by atoms with E-state index in [-0.39, 0.29) is 22.5 Å². The Hall–Kier alpha value is -1.63. The highest BCUT2D eigenvalue weighted by Gasteiger charge is 2.49. The van der Waals surface area contributed by atoms with Crippen molar-refractivity contribution >= 4 is 32.5 Å². The molecule has 10 atom stereocenters. The Morgan fingerprint density at radius 1 is 1.03 bits per heavy atom. The van der Waals surface area contributed by atoms with Gasteiger partial charge in [0, 0.05) is 0 Å². The molecule has 0 aliphatic carbocycles. The van der Waals surface area contributed by atoms with Crippen molar-refractivity contribution in [1.29, 1.82) is 0 Å². The molecule has 6 rings (SSSR count).